The average Bonchev–Trinajstić information content (AvgIpc) is 3.08. The number of fused-ring (bicyclic) bond motifs is 1. The highest BCUT2D eigenvalue weighted by molar-refractivity contribution is 5.83. The lowest BCUT2D eigenvalue weighted by atomic mass is 10.1. The van der Waals surface area contributed by atoms with Crippen LogP contribution in [0.4, 0.5) is 11.8 Å². The zero-order valence-corrected chi connectivity index (χ0v) is 17.4. The SMILES string of the molecule is Cc1c(-c2ccn(C)n2)cn2nc(-c3nccn3C)nc(Nc3n[nH]c(C4CC4)n3)c12. The maximum atomic E-state index is 4.80. The maximum Gasteiger partial charge on any atom is 0.247 e. The van der Waals surface area contributed by atoms with Gasteiger partial charge in [0.05, 0.1) is 5.69 Å². The fraction of sp³-hybridized carbons (Fsp3) is 0.300. The second-order valence-corrected chi connectivity index (χ2v) is 7.92. The topological polar surface area (TPSA) is 119 Å². The van der Waals surface area contributed by atoms with Crippen LogP contribution in [0.1, 0.15) is 30.1 Å². The third kappa shape index (κ3) is 2.97. The van der Waals surface area contributed by atoms with Crippen LogP contribution in [0, 0.1) is 6.92 Å². The third-order valence-corrected chi connectivity index (χ3v) is 5.59. The van der Waals surface area contributed by atoms with Crippen molar-refractivity contribution < 1.29 is 0 Å². The first kappa shape index (κ1) is 17.8. The Bertz CT molecular complexity index is 1410. The summed E-state index contributed by atoms with van der Waals surface area (Å²) in [6.07, 6.45) is 9.80. The minimum absolute atomic E-state index is 0.488. The number of aryl methyl sites for hydroxylation is 3. The van der Waals surface area contributed by atoms with Crippen molar-refractivity contribution in [2.24, 2.45) is 14.1 Å². The molecule has 0 saturated heterocycles. The first-order valence-corrected chi connectivity index (χ1v) is 10.1. The molecule has 0 radical (unpaired) electrons. The van der Waals surface area contributed by atoms with Crippen LogP contribution in [0.15, 0.2) is 30.9 Å². The number of aromatic nitrogens is 10. The van der Waals surface area contributed by atoms with Crippen LogP contribution >= 0.6 is 0 Å². The molecule has 1 aliphatic carbocycles. The van der Waals surface area contributed by atoms with Gasteiger partial charge in [-0.25, -0.2) is 14.5 Å². The van der Waals surface area contributed by atoms with E-state index in [0.29, 0.717) is 29.3 Å². The van der Waals surface area contributed by atoms with Gasteiger partial charge in [0.15, 0.2) is 11.6 Å². The molecule has 0 amide bonds. The fourth-order valence-corrected chi connectivity index (χ4v) is 3.79. The van der Waals surface area contributed by atoms with Gasteiger partial charge in [-0.3, -0.25) is 9.78 Å². The summed E-state index contributed by atoms with van der Waals surface area (Å²) in [5.74, 6) is 3.69. The molecular formula is C20H21N11. The highest BCUT2D eigenvalue weighted by Crippen LogP contribution is 2.38. The number of nitrogens with zero attached hydrogens (tertiary/aromatic N) is 9. The lowest BCUT2D eigenvalue weighted by molar-refractivity contribution is 0.770. The Morgan fingerprint density at radius 3 is 2.71 bits per heavy atom. The lowest BCUT2D eigenvalue weighted by Crippen LogP contribution is -2.06. The highest BCUT2D eigenvalue weighted by atomic mass is 15.3. The summed E-state index contributed by atoms with van der Waals surface area (Å²) in [5.41, 5.74) is 3.73. The van der Waals surface area contributed by atoms with Crippen LogP contribution in [0.25, 0.3) is 28.4 Å². The van der Waals surface area contributed by atoms with Gasteiger partial charge in [0, 0.05) is 50.4 Å². The van der Waals surface area contributed by atoms with E-state index in [0.717, 1.165) is 41.0 Å². The van der Waals surface area contributed by atoms with Crippen molar-refractivity contribution in [3.63, 3.8) is 0 Å². The van der Waals surface area contributed by atoms with E-state index in [1.54, 1.807) is 10.9 Å². The summed E-state index contributed by atoms with van der Waals surface area (Å²) in [6.45, 7) is 2.04. The first-order valence-electron chi connectivity index (χ1n) is 10.1. The van der Waals surface area contributed by atoms with E-state index in [1.807, 2.05) is 54.8 Å². The number of rotatable bonds is 5. The summed E-state index contributed by atoms with van der Waals surface area (Å²) in [4.78, 5) is 13.8. The second-order valence-electron chi connectivity index (χ2n) is 7.92. The van der Waals surface area contributed by atoms with Crippen LogP contribution < -0.4 is 5.32 Å². The fourth-order valence-electron chi connectivity index (χ4n) is 3.79. The van der Waals surface area contributed by atoms with E-state index in [4.69, 9.17) is 10.1 Å². The van der Waals surface area contributed by atoms with Gasteiger partial charge in [-0.15, -0.1) is 10.2 Å². The van der Waals surface area contributed by atoms with Gasteiger partial charge < -0.3 is 9.88 Å². The van der Waals surface area contributed by atoms with Gasteiger partial charge in [-0.1, -0.05) is 0 Å². The molecule has 0 atom stereocenters. The Morgan fingerprint density at radius 2 is 2.00 bits per heavy atom. The van der Waals surface area contributed by atoms with Crippen LogP contribution in [0.5, 0.6) is 0 Å². The van der Waals surface area contributed by atoms with Gasteiger partial charge >= 0.3 is 0 Å². The number of hydrogen-bond acceptors (Lipinski definition) is 7. The average molecular weight is 415 g/mol. The van der Waals surface area contributed by atoms with Crippen LogP contribution in [-0.4, -0.2) is 49.1 Å². The minimum Gasteiger partial charge on any atom is -0.331 e. The standard InChI is InChI=1S/C20H21N11/c1-11-13(14-6-8-30(3)27-14)10-31-15(11)17(22-18(28-31)19-21-7-9-29(19)2)24-20-23-16(25-26-20)12-4-5-12/h6-10,12H,4-5H2,1-3H3,(H2,22,23,24,25,26,28). The molecule has 0 aromatic carbocycles. The molecule has 11 nitrogen and oxygen atoms in total. The van der Waals surface area contributed by atoms with E-state index >= 15 is 0 Å². The molecule has 5 heterocycles. The van der Waals surface area contributed by atoms with E-state index < -0.39 is 0 Å². The summed E-state index contributed by atoms with van der Waals surface area (Å²) < 4.78 is 5.50. The maximum absolute atomic E-state index is 4.80. The number of imidazole rings is 1. The first-order chi connectivity index (χ1) is 15.1. The van der Waals surface area contributed by atoms with Gasteiger partial charge in [-0.2, -0.15) is 10.1 Å². The Labute approximate surface area is 177 Å². The van der Waals surface area contributed by atoms with Crippen LogP contribution in [0.3, 0.4) is 0 Å². The molecule has 1 fully saturated rings. The Morgan fingerprint density at radius 1 is 1.13 bits per heavy atom. The molecule has 1 saturated carbocycles. The van der Waals surface area contributed by atoms with Crippen molar-refractivity contribution in [2.45, 2.75) is 25.7 Å². The number of hydrogen-bond donors (Lipinski definition) is 2. The van der Waals surface area contributed by atoms with Crippen molar-refractivity contribution in [3.8, 4) is 22.9 Å². The van der Waals surface area contributed by atoms with E-state index in [-0.39, 0.29) is 0 Å². The van der Waals surface area contributed by atoms with E-state index in [1.165, 1.54) is 0 Å². The number of H-pyrrole nitrogens is 1. The summed E-state index contributed by atoms with van der Waals surface area (Å²) >= 11 is 0. The van der Waals surface area contributed by atoms with Crippen molar-refractivity contribution in [1.82, 2.24) is 49.1 Å². The molecule has 0 aliphatic heterocycles. The molecule has 31 heavy (non-hydrogen) atoms. The normalized spacial score (nSPS) is 13.9. The largest absolute Gasteiger partial charge is 0.331 e. The Balaban J connectivity index is 1.52. The van der Waals surface area contributed by atoms with E-state index in [2.05, 4.69) is 30.6 Å². The molecule has 5 aromatic rings. The minimum atomic E-state index is 0.488. The molecule has 5 aromatic heterocycles. The van der Waals surface area contributed by atoms with Crippen molar-refractivity contribution >= 4 is 17.3 Å². The smallest absolute Gasteiger partial charge is 0.247 e. The summed E-state index contributed by atoms with van der Waals surface area (Å²) in [5, 5.41) is 20.0. The number of aromatic amines is 1. The Hall–Kier alpha value is -4.02. The summed E-state index contributed by atoms with van der Waals surface area (Å²) in [7, 11) is 3.82. The quantitative estimate of drug-likeness (QED) is 0.453. The van der Waals surface area contributed by atoms with Crippen molar-refractivity contribution in [1.29, 1.82) is 0 Å². The molecule has 1 aliphatic rings. The number of nitrogens with one attached hydrogen (secondary N) is 2. The molecule has 0 unspecified atom stereocenters. The van der Waals surface area contributed by atoms with Crippen molar-refractivity contribution in [2.75, 3.05) is 5.32 Å². The van der Waals surface area contributed by atoms with Crippen molar-refractivity contribution in [3.05, 3.63) is 42.2 Å². The predicted octanol–water partition coefficient (Wildman–Crippen LogP) is 2.58. The van der Waals surface area contributed by atoms with Crippen LogP contribution in [-0.2, 0) is 14.1 Å². The molecule has 0 spiro atoms. The molecule has 11 heteroatoms. The second kappa shape index (κ2) is 6.49. The van der Waals surface area contributed by atoms with Crippen LogP contribution in [0.2, 0.25) is 0 Å². The predicted molar refractivity (Wildman–Crippen MR) is 114 cm³/mol. The lowest BCUT2D eigenvalue weighted by Gasteiger charge is -2.08. The molecule has 6 rings (SSSR count). The molecular weight excluding hydrogens is 394 g/mol. The summed E-state index contributed by atoms with van der Waals surface area (Å²) in [6, 6.07) is 1.99. The van der Waals surface area contributed by atoms with Gasteiger partial charge in [0.25, 0.3) is 0 Å². The van der Waals surface area contributed by atoms with Gasteiger partial charge in [-0.05, 0) is 31.4 Å². The molecule has 2 N–H and O–H groups in total. The third-order valence-electron chi connectivity index (χ3n) is 5.59. The zero-order valence-electron chi connectivity index (χ0n) is 17.4. The zero-order chi connectivity index (χ0) is 21.1. The Kier molecular flexibility index (Phi) is 3.73. The molecule has 0 bridgehead atoms. The monoisotopic (exact) mass is 415 g/mol. The number of anilines is 2. The van der Waals surface area contributed by atoms with Gasteiger partial charge in [0.2, 0.25) is 11.8 Å². The van der Waals surface area contributed by atoms with Gasteiger partial charge in [0.1, 0.15) is 11.3 Å². The van der Waals surface area contributed by atoms with E-state index in [9.17, 15) is 0 Å². The highest BCUT2D eigenvalue weighted by Gasteiger charge is 2.27. The molecule has 156 valence electrons.